The molecule has 7 nitrogen and oxygen atoms in total. The summed E-state index contributed by atoms with van der Waals surface area (Å²) in [5.41, 5.74) is 2.41. The lowest BCUT2D eigenvalue weighted by Gasteiger charge is -2.34. The minimum Gasteiger partial charge on any atom is -0.367 e. The van der Waals surface area contributed by atoms with Gasteiger partial charge in [0.05, 0.1) is 24.1 Å². The molecule has 0 aliphatic carbocycles. The van der Waals surface area contributed by atoms with Crippen LogP contribution in [-0.2, 0) is 19.0 Å². The second-order valence-electron chi connectivity index (χ2n) is 8.37. The Balaban J connectivity index is 0.00000300. The first-order valence-electron chi connectivity index (χ1n) is 10.1. The monoisotopic (exact) mass is 531 g/mol. The summed E-state index contributed by atoms with van der Waals surface area (Å²) in [4.78, 5) is 11.9. The van der Waals surface area contributed by atoms with Crippen LogP contribution < -0.4 is 15.5 Å². The molecule has 0 saturated carbocycles. The van der Waals surface area contributed by atoms with Gasteiger partial charge in [0, 0.05) is 49.7 Å². The molecule has 3 rings (SSSR count). The van der Waals surface area contributed by atoms with E-state index < -0.39 is 0 Å². The zero-order valence-corrected chi connectivity index (χ0v) is 21.3. The third-order valence-corrected chi connectivity index (χ3v) is 5.69. The molecule has 2 aromatic rings. The molecule has 1 aliphatic heterocycles. The van der Waals surface area contributed by atoms with Crippen LogP contribution in [0.1, 0.15) is 51.2 Å². The van der Waals surface area contributed by atoms with Gasteiger partial charge in [-0.25, -0.2) is 9.98 Å². The van der Waals surface area contributed by atoms with Crippen molar-refractivity contribution >= 4 is 47.0 Å². The van der Waals surface area contributed by atoms with Gasteiger partial charge >= 0.3 is 0 Å². The number of rotatable bonds is 5. The molecular formula is C20H34IN7S. The molecule has 1 unspecified atom stereocenters. The van der Waals surface area contributed by atoms with Gasteiger partial charge in [0.2, 0.25) is 0 Å². The van der Waals surface area contributed by atoms with Crippen LogP contribution in [0.15, 0.2) is 22.8 Å². The molecular weight excluding hydrogens is 497 g/mol. The van der Waals surface area contributed by atoms with Crippen LogP contribution in [0.2, 0.25) is 0 Å². The highest BCUT2D eigenvalue weighted by atomic mass is 127. The first kappa shape index (κ1) is 23.9. The lowest BCUT2D eigenvalue weighted by atomic mass is 9.93. The lowest BCUT2D eigenvalue weighted by molar-refractivity contribution is 0.468. The van der Waals surface area contributed by atoms with Crippen LogP contribution in [0.25, 0.3) is 0 Å². The van der Waals surface area contributed by atoms with E-state index in [0.29, 0.717) is 12.6 Å². The number of halogens is 1. The van der Waals surface area contributed by atoms with Gasteiger partial charge in [-0.15, -0.1) is 35.3 Å². The Hall–Kier alpha value is -1.36. The van der Waals surface area contributed by atoms with Crippen LogP contribution in [0.3, 0.4) is 0 Å². The second kappa shape index (κ2) is 10.6. The van der Waals surface area contributed by atoms with E-state index in [1.165, 1.54) is 5.69 Å². The number of nitrogens with zero attached hydrogens (tertiary/aromatic N) is 5. The van der Waals surface area contributed by atoms with E-state index in [2.05, 4.69) is 59.9 Å². The first-order chi connectivity index (χ1) is 13.3. The molecule has 2 N–H and O–H groups in total. The molecule has 1 saturated heterocycles. The average molecular weight is 532 g/mol. The van der Waals surface area contributed by atoms with E-state index in [4.69, 9.17) is 9.98 Å². The maximum absolute atomic E-state index is 4.78. The van der Waals surface area contributed by atoms with Crippen molar-refractivity contribution < 1.29 is 0 Å². The van der Waals surface area contributed by atoms with E-state index in [1.807, 2.05) is 17.9 Å². The van der Waals surface area contributed by atoms with E-state index in [1.54, 1.807) is 11.3 Å². The molecule has 1 aliphatic rings. The molecule has 3 heterocycles. The Labute approximate surface area is 195 Å². The summed E-state index contributed by atoms with van der Waals surface area (Å²) >= 11 is 1.69. The second-order valence-corrected chi connectivity index (χ2v) is 9.32. The van der Waals surface area contributed by atoms with Crippen LogP contribution in [-0.4, -0.2) is 46.4 Å². The summed E-state index contributed by atoms with van der Waals surface area (Å²) in [5.74, 6) is 0.869. The molecule has 0 spiro atoms. The molecule has 162 valence electrons. The quantitative estimate of drug-likeness (QED) is 0.351. The van der Waals surface area contributed by atoms with Gasteiger partial charge in [0.15, 0.2) is 5.96 Å². The topological polar surface area (TPSA) is 70.4 Å². The molecule has 0 aromatic carbocycles. The molecule has 0 radical (unpaired) electrons. The van der Waals surface area contributed by atoms with Crippen LogP contribution >= 0.6 is 35.3 Å². The third-order valence-electron chi connectivity index (χ3n) is 4.86. The zero-order chi connectivity index (χ0) is 20.1. The van der Waals surface area contributed by atoms with Crippen molar-refractivity contribution in [1.82, 2.24) is 25.4 Å². The molecule has 0 bridgehead atoms. The molecule has 1 atom stereocenters. The van der Waals surface area contributed by atoms with Gasteiger partial charge < -0.3 is 15.5 Å². The fourth-order valence-electron chi connectivity index (χ4n) is 3.29. The minimum absolute atomic E-state index is 0. The van der Waals surface area contributed by atoms with Gasteiger partial charge in [-0.2, -0.15) is 5.10 Å². The Morgan fingerprint density at radius 3 is 2.79 bits per heavy atom. The molecule has 2 aromatic heterocycles. The Kier molecular flexibility index (Phi) is 8.74. The van der Waals surface area contributed by atoms with E-state index in [0.717, 1.165) is 49.1 Å². The standard InChI is InChI=1S/C20H33N7S.HI/c1-6-21-19(22-11-18-25-17(14-28-18)20(2,3)4)24-15-8-7-9-27(12-15)16-10-23-26(5)13-16;/h10,13-15H,6-9,11-12H2,1-5H3,(H2,21,22,24);1H. The number of guanidine groups is 1. The highest BCUT2D eigenvalue weighted by Gasteiger charge is 2.22. The van der Waals surface area contributed by atoms with Crippen molar-refractivity contribution in [3.63, 3.8) is 0 Å². The molecule has 29 heavy (non-hydrogen) atoms. The molecule has 1 fully saturated rings. The summed E-state index contributed by atoms with van der Waals surface area (Å²) in [5, 5.41) is 14.5. The maximum atomic E-state index is 4.78. The van der Waals surface area contributed by atoms with Crippen molar-refractivity contribution in [3.8, 4) is 0 Å². The number of aromatic nitrogens is 3. The number of nitrogens with one attached hydrogen (secondary N) is 2. The summed E-state index contributed by atoms with van der Waals surface area (Å²) in [6.07, 6.45) is 6.33. The SMILES string of the molecule is CCNC(=NCc1nc(C(C)(C)C)cs1)NC1CCCN(c2cnn(C)c2)C1.I. The number of piperidine rings is 1. The van der Waals surface area contributed by atoms with Gasteiger partial charge in [-0.1, -0.05) is 20.8 Å². The van der Waals surface area contributed by atoms with Gasteiger partial charge in [0.1, 0.15) is 5.01 Å². The highest BCUT2D eigenvalue weighted by molar-refractivity contribution is 14.0. The average Bonchev–Trinajstić information content (AvgIpc) is 3.29. The Morgan fingerprint density at radius 2 is 2.17 bits per heavy atom. The molecule has 0 amide bonds. The lowest BCUT2D eigenvalue weighted by Crippen LogP contribution is -2.51. The minimum atomic E-state index is 0. The summed E-state index contributed by atoms with van der Waals surface area (Å²) in [6, 6.07) is 0.369. The summed E-state index contributed by atoms with van der Waals surface area (Å²) in [7, 11) is 1.96. The maximum Gasteiger partial charge on any atom is 0.191 e. The number of aliphatic imine (C=N–C) groups is 1. The third kappa shape index (κ3) is 6.84. The van der Waals surface area contributed by atoms with Crippen LogP contribution in [0.4, 0.5) is 5.69 Å². The fraction of sp³-hybridized carbons (Fsp3) is 0.650. The number of anilines is 1. The number of aryl methyl sites for hydroxylation is 1. The smallest absolute Gasteiger partial charge is 0.191 e. The fourth-order valence-corrected chi connectivity index (χ4v) is 4.23. The van der Waals surface area contributed by atoms with E-state index in [-0.39, 0.29) is 29.4 Å². The van der Waals surface area contributed by atoms with Crippen molar-refractivity contribution in [2.45, 2.75) is 58.5 Å². The van der Waals surface area contributed by atoms with Gasteiger partial charge in [-0.3, -0.25) is 4.68 Å². The van der Waals surface area contributed by atoms with Crippen molar-refractivity contribution in [1.29, 1.82) is 0 Å². The summed E-state index contributed by atoms with van der Waals surface area (Å²) in [6.45, 7) is 12.2. The van der Waals surface area contributed by atoms with Crippen molar-refractivity contribution in [2.24, 2.45) is 12.0 Å². The normalized spacial score (nSPS) is 17.8. The van der Waals surface area contributed by atoms with Gasteiger partial charge in [0.25, 0.3) is 0 Å². The predicted octanol–water partition coefficient (Wildman–Crippen LogP) is 3.52. The van der Waals surface area contributed by atoms with E-state index in [9.17, 15) is 0 Å². The first-order valence-corrected chi connectivity index (χ1v) is 11.0. The Bertz CT molecular complexity index is 793. The largest absolute Gasteiger partial charge is 0.367 e. The summed E-state index contributed by atoms with van der Waals surface area (Å²) < 4.78 is 1.86. The van der Waals surface area contributed by atoms with Crippen LogP contribution in [0, 0.1) is 0 Å². The van der Waals surface area contributed by atoms with Crippen molar-refractivity contribution in [2.75, 3.05) is 24.5 Å². The van der Waals surface area contributed by atoms with Crippen LogP contribution in [0.5, 0.6) is 0 Å². The van der Waals surface area contributed by atoms with Gasteiger partial charge in [-0.05, 0) is 19.8 Å². The molecule has 9 heteroatoms. The predicted molar refractivity (Wildman–Crippen MR) is 133 cm³/mol. The Morgan fingerprint density at radius 1 is 1.38 bits per heavy atom. The number of hydrogen-bond donors (Lipinski definition) is 2. The van der Waals surface area contributed by atoms with E-state index >= 15 is 0 Å². The van der Waals surface area contributed by atoms with Crippen molar-refractivity contribution in [3.05, 3.63) is 28.5 Å². The highest BCUT2D eigenvalue weighted by Crippen LogP contribution is 2.24. The number of hydrogen-bond acceptors (Lipinski definition) is 5. The number of thiazole rings is 1. The zero-order valence-electron chi connectivity index (χ0n) is 18.1.